The molecule has 6 heteroatoms. The number of hydrogen-bond acceptors (Lipinski definition) is 5. The molecule has 1 aliphatic heterocycles. The lowest BCUT2D eigenvalue weighted by Crippen LogP contribution is -2.22. The number of para-hydroxylation sites is 1. The lowest BCUT2D eigenvalue weighted by molar-refractivity contribution is 0.482. The summed E-state index contributed by atoms with van der Waals surface area (Å²) in [5, 5.41) is 4.28. The maximum atomic E-state index is 5.89. The van der Waals surface area contributed by atoms with Crippen LogP contribution in [0, 0.1) is 0 Å². The van der Waals surface area contributed by atoms with Crippen molar-refractivity contribution < 1.29 is 4.74 Å². The number of nitrogens with zero attached hydrogens (tertiary/aromatic N) is 3. The van der Waals surface area contributed by atoms with E-state index in [1.165, 1.54) is 5.56 Å². The van der Waals surface area contributed by atoms with Crippen LogP contribution < -0.4 is 4.74 Å². The molecule has 0 radical (unpaired) electrons. The molecule has 0 spiro atoms. The number of ether oxygens (including phenoxy) is 1. The fraction of sp³-hybridized carbons (Fsp3) is 0.222. The molecular formula is C18H17N3OS2. The normalized spacial score (nSPS) is 16.2. The molecule has 0 aliphatic carbocycles. The summed E-state index contributed by atoms with van der Waals surface area (Å²) in [7, 11) is 0. The van der Waals surface area contributed by atoms with Crippen molar-refractivity contribution >= 4 is 23.5 Å². The Hall–Kier alpha value is -1.92. The lowest BCUT2D eigenvalue weighted by atomic mass is 10.1. The van der Waals surface area contributed by atoms with E-state index in [0.29, 0.717) is 0 Å². The van der Waals surface area contributed by atoms with Gasteiger partial charge in [-0.3, -0.25) is 4.68 Å². The minimum absolute atomic E-state index is 0.00101. The zero-order valence-electron chi connectivity index (χ0n) is 13.0. The summed E-state index contributed by atoms with van der Waals surface area (Å²) < 4.78 is 7.81. The van der Waals surface area contributed by atoms with Gasteiger partial charge in [-0.2, -0.15) is 5.10 Å². The summed E-state index contributed by atoms with van der Waals surface area (Å²) >= 11 is 3.97. The zero-order chi connectivity index (χ0) is 16.2. The fourth-order valence-corrected chi connectivity index (χ4v) is 5.95. The van der Waals surface area contributed by atoms with Crippen LogP contribution in [0.5, 0.6) is 11.5 Å². The quantitative estimate of drug-likeness (QED) is 0.678. The van der Waals surface area contributed by atoms with Gasteiger partial charge in [0.25, 0.3) is 0 Å². The Labute approximate surface area is 149 Å². The Balaban J connectivity index is 1.56. The Morgan fingerprint density at radius 2 is 1.67 bits per heavy atom. The van der Waals surface area contributed by atoms with Crippen molar-refractivity contribution in [1.82, 2.24) is 14.8 Å². The van der Waals surface area contributed by atoms with E-state index in [2.05, 4.69) is 22.2 Å². The third-order valence-corrected chi connectivity index (χ3v) is 7.31. The van der Waals surface area contributed by atoms with Crippen LogP contribution in [0.2, 0.25) is 0 Å². The van der Waals surface area contributed by atoms with Gasteiger partial charge in [-0.15, -0.1) is 23.5 Å². The van der Waals surface area contributed by atoms with Gasteiger partial charge in [-0.1, -0.05) is 30.3 Å². The Bertz CT molecular complexity index is 770. The SMILES string of the molecule is c1ccc(Oc2ccc(C3(Cn4cncn4)SCCS3)cc2)cc1. The summed E-state index contributed by atoms with van der Waals surface area (Å²) in [6.07, 6.45) is 3.38. The van der Waals surface area contributed by atoms with Crippen molar-refractivity contribution in [3.8, 4) is 11.5 Å². The first-order valence-electron chi connectivity index (χ1n) is 7.78. The standard InChI is InChI=1S/C18H17N3OS2/c1-2-4-16(5-3-1)22-17-8-6-15(7-9-17)18(23-10-11-24-18)12-21-14-19-13-20-21/h1-9,13-14H,10-12H2. The number of thioether (sulfide) groups is 2. The van der Waals surface area contributed by atoms with E-state index < -0.39 is 0 Å². The first-order valence-corrected chi connectivity index (χ1v) is 9.75. The summed E-state index contributed by atoms with van der Waals surface area (Å²) in [5.74, 6) is 4.02. The van der Waals surface area contributed by atoms with Crippen LogP contribution in [0.3, 0.4) is 0 Å². The maximum absolute atomic E-state index is 5.89. The van der Waals surface area contributed by atoms with Crippen molar-refractivity contribution in [2.24, 2.45) is 0 Å². The van der Waals surface area contributed by atoms with E-state index in [0.717, 1.165) is 29.5 Å². The zero-order valence-corrected chi connectivity index (χ0v) is 14.7. The molecule has 24 heavy (non-hydrogen) atoms. The first-order chi connectivity index (χ1) is 11.8. The summed E-state index contributed by atoms with van der Waals surface area (Å²) in [6.45, 7) is 0.821. The van der Waals surface area contributed by atoms with Crippen LogP contribution in [0.25, 0.3) is 0 Å². The van der Waals surface area contributed by atoms with Gasteiger partial charge in [0, 0.05) is 11.5 Å². The summed E-state index contributed by atoms with van der Waals surface area (Å²) in [6, 6.07) is 18.3. The Morgan fingerprint density at radius 1 is 0.958 bits per heavy atom. The van der Waals surface area contributed by atoms with Crippen molar-refractivity contribution in [3.63, 3.8) is 0 Å². The summed E-state index contributed by atoms with van der Waals surface area (Å²) in [4.78, 5) is 4.06. The minimum atomic E-state index is -0.00101. The van der Waals surface area contributed by atoms with Crippen molar-refractivity contribution in [2.75, 3.05) is 11.5 Å². The number of aromatic nitrogens is 3. The van der Waals surface area contributed by atoms with Crippen molar-refractivity contribution in [1.29, 1.82) is 0 Å². The van der Waals surface area contributed by atoms with Crippen LogP contribution >= 0.6 is 23.5 Å². The molecule has 1 saturated heterocycles. The maximum Gasteiger partial charge on any atom is 0.137 e. The van der Waals surface area contributed by atoms with Crippen molar-refractivity contribution in [3.05, 3.63) is 72.8 Å². The molecule has 0 unspecified atom stereocenters. The molecule has 1 aliphatic rings. The van der Waals surface area contributed by atoms with Crippen molar-refractivity contribution in [2.45, 2.75) is 10.6 Å². The van der Waals surface area contributed by atoms with Gasteiger partial charge in [0.1, 0.15) is 28.2 Å². The second kappa shape index (κ2) is 6.91. The smallest absolute Gasteiger partial charge is 0.137 e. The molecule has 3 aromatic rings. The Morgan fingerprint density at radius 3 is 2.33 bits per heavy atom. The highest BCUT2D eigenvalue weighted by atomic mass is 32.2. The average Bonchev–Trinajstić information content (AvgIpc) is 3.30. The number of rotatable bonds is 5. The van der Waals surface area contributed by atoms with E-state index in [1.54, 1.807) is 12.7 Å². The van der Waals surface area contributed by atoms with E-state index in [-0.39, 0.29) is 4.08 Å². The van der Waals surface area contributed by atoms with Gasteiger partial charge in [0.05, 0.1) is 6.54 Å². The van der Waals surface area contributed by atoms with E-state index in [1.807, 2.05) is 70.7 Å². The largest absolute Gasteiger partial charge is 0.457 e. The van der Waals surface area contributed by atoms with Crippen LogP contribution in [0.15, 0.2) is 67.3 Å². The topological polar surface area (TPSA) is 39.9 Å². The lowest BCUT2D eigenvalue weighted by Gasteiger charge is -2.27. The molecule has 2 heterocycles. The second-order valence-electron chi connectivity index (χ2n) is 5.48. The molecule has 0 saturated carbocycles. The minimum Gasteiger partial charge on any atom is -0.457 e. The first kappa shape index (κ1) is 15.6. The van der Waals surface area contributed by atoms with Gasteiger partial charge in [0.15, 0.2) is 0 Å². The fourth-order valence-electron chi connectivity index (χ4n) is 2.73. The number of benzene rings is 2. The second-order valence-corrected chi connectivity index (χ2v) is 8.53. The highest BCUT2D eigenvalue weighted by molar-refractivity contribution is 8.20. The average molecular weight is 355 g/mol. The monoisotopic (exact) mass is 355 g/mol. The highest BCUT2D eigenvalue weighted by Gasteiger charge is 2.38. The number of hydrogen-bond donors (Lipinski definition) is 0. The molecule has 122 valence electrons. The van der Waals surface area contributed by atoms with Crippen LogP contribution in [-0.2, 0) is 10.6 Å². The molecule has 0 atom stereocenters. The third-order valence-electron chi connectivity index (χ3n) is 3.86. The molecule has 2 aromatic carbocycles. The molecule has 0 N–H and O–H groups in total. The molecule has 4 nitrogen and oxygen atoms in total. The predicted molar refractivity (Wildman–Crippen MR) is 99.6 cm³/mol. The molecular weight excluding hydrogens is 338 g/mol. The van der Waals surface area contributed by atoms with Gasteiger partial charge in [-0.05, 0) is 29.8 Å². The molecule has 1 aromatic heterocycles. The van der Waals surface area contributed by atoms with Gasteiger partial charge < -0.3 is 4.74 Å². The molecule has 0 amide bonds. The van der Waals surface area contributed by atoms with E-state index >= 15 is 0 Å². The Kier molecular flexibility index (Phi) is 4.49. The van der Waals surface area contributed by atoms with E-state index in [4.69, 9.17) is 4.74 Å². The van der Waals surface area contributed by atoms with Crippen LogP contribution in [0.1, 0.15) is 5.56 Å². The van der Waals surface area contributed by atoms with Gasteiger partial charge >= 0.3 is 0 Å². The predicted octanol–water partition coefficient (Wildman–Crippen LogP) is 4.40. The van der Waals surface area contributed by atoms with Crippen LogP contribution in [0.4, 0.5) is 0 Å². The molecule has 1 fully saturated rings. The van der Waals surface area contributed by atoms with Gasteiger partial charge in [0.2, 0.25) is 0 Å². The third kappa shape index (κ3) is 3.30. The molecule has 0 bridgehead atoms. The van der Waals surface area contributed by atoms with Gasteiger partial charge in [-0.25, -0.2) is 4.98 Å². The molecule has 4 rings (SSSR count). The van der Waals surface area contributed by atoms with E-state index in [9.17, 15) is 0 Å². The highest BCUT2D eigenvalue weighted by Crippen LogP contribution is 2.53. The van der Waals surface area contributed by atoms with Crippen LogP contribution in [-0.4, -0.2) is 26.3 Å². The summed E-state index contributed by atoms with van der Waals surface area (Å²) in [5.41, 5.74) is 1.30.